The van der Waals surface area contributed by atoms with Gasteiger partial charge < -0.3 is 4.74 Å². The van der Waals surface area contributed by atoms with Crippen LogP contribution in [0.15, 0.2) is 24.3 Å². The Balaban J connectivity index is 1.68. The maximum absolute atomic E-state index is 12.4. The van der Waals surface area contributed by atoms with E-state index in [0.29, 0.717) is 6.61 Å². The first-order chi connectivity index (χ1) is 8.28. The van der Waals surface area contributed by atoms with Gasteiger partial charge in [-0.3, -0.25) is 9.29 Å². The number of rotatable bonds is 5. The summed E-state index contributed by atoms with van der Waals surface area (Å²) in [5.74, 6) is 1.15. The first-order valence-corrected chi connectivity index (χ1v) is 7.02. The van der Waals surface area contributed by atoms with Gasteiger partial charge in [0.1, 0.15) is 12.4 Å². The second kappa shape index (κ2) is 6.54. The molecule has 2 nitrogen and oxygen atoms in total. The summed E-state index contributed by atoms with van der Waals surface area (Å²) in [5.41, 5.74) is 0. The van der Waals surface area contributed by atoms with Crippen molar-refractivity contribution in [2.45, 2.75) is 6.42 Å². The molecule has 0 N–H and O–H groups in total. The molecule has 0 spiro atoms. The van der Waals surface area contributed by atoms with Crippen molar-refractivity contribution in [3.05, 3.63) is 27.8 Å². The van der Waals surface area contributed by atoms with E-state index in [1.54, 1.807) is 0 Å². The van der Waals surface area contributed by atoms with Gasteiger partial charge in [-0.25, -0.2) is 0 Å². The van der Waals surface area contributed by atoms with Gasteiger partial charge in [-0.1, -0.05) is 0 Å². The Morgan fingerprint density at radius 2 is 2.12 bits per heavy atom. The van der Waals surface area contributed by atoms with Crippen molar-refractivity contribution in [3.63, 3.8) is 0 Å². The molecule has 4 heteroatoms. The highest BCUT2D eigenvalue weighted by Gasteiger charge is 2.21. The zero-order valence-electron chi connectivity index (χ0n) is 9.74. The molecular weight excluding hydrogens is 332 g/mol. The smallest absolute Gasteiger partial charge is 0.119 e. The lowest BCUT2D eigenvalue weighted by molar-refractivity contribution is 0.228. The van der Waals surface area contributed by atoms with Crippen molar-refractivity contribution in [2.24, 2.45) is 5.92 Å². The largest absolute Gasteiger partial charge is 0.492 e. The van der Waals surface area contributed by atoms with Crippen LogP contribution >= 0.6 is 22.6 Å². The standard InChI is InChI=1S/C13H17FINO/c14-9-11-5-6-16(10-11)7-8-17-13-3-1-12(15)2-4-13/h1-4,11H,5-10H2/t11-/m0/s1. The lowest BCUT2D eigenvalue weighted by Gasteiger charge is -2.15. The Kier molecular flexibility index (Phi) is 5.03. The second-order valence-electron chi connectivity index (χ2n) is 4.41. The third-order valence-electron chi connectivity index (χ3n) is 3.08. The number of nitrogens with zero attached hydrogens (tertiary/aromatic N) is 1. The van der Waals surface area contributed by atoms with E-state index < -0.39 is 0 Å². The van der Waals surface area contributed by atoms with Crippen molar-refractivity contribution in [1.82, 2.24) is 4.90 Å². The summed E-state index contributed by atoms with van der Waals surface area (Å²) in [6, 6.07) is 8.03. The normalized spacial score (nSPS) is 20.7. The van der Waals surface area contributed by atoms with E-state index in [9.17, 15) is 4.39 Å². The number of halogens is 2. The van der Waals surface area contributed by atoms with Crippen molar-refractivity contribution in [1.29, 1.82) is 0 Å². The van der Waals surface area contributed by atoms with E-state index in [1.807, 2.05) is 24.3 Å². The Bertz CT molecular complexity index is 344. The Morgan fingerprint density at radius 3 is 2.76 bits per heavy atom. The molecule has 2 rings (SSSR count). The highest BCUT2D eigenvalue weighted by atomic mass is 127. The first-order valence-electron chi connectivity index (χ1n) is 5.94. The molecule has 0 aromatic heterocycles. The SMILES string of the molecule is FC[C@@H]1CCN(CCOc2ccc(I)cc2)C1. The predicted molar refractivity (Wildman–Crippen MR) is 75.2 cm³/mol. The monoisotopic (exact) mass is 349 g/mol. The fourth-order valence-corrected chi connectivity index (χ4v) is 2.42. The van der Waals surface area contributed by atoms with Crippen LogP contribution in [0.3, 0.4) is 0 Å². The number of likely N-dealkylation sites (tertiary alicyclic amines) is 1. The van der Waals surface area contributed by atoms with Crippen LogP contribution in [0.2, 0.25) is 0 Å². The van der Waals surface area contributed by atoms with Crippen LogP contribution in [-0.2, 0) is 0 Å². The lowest BCUT2D eigenvalue weighted by atomic mass is 10.1. The molecule has 17 heavy (non-hydrogen) atoms. The number of alkyl halides is 1. The van der Waals surface area contributed by atoms with Gasteiger partial charge in [0.15, 0.2) is 0 Å². The molecule has 0 amide bonds. The van der Waals surface area contributed by atoms with Crippen LogP contribution in [0.1, 0.15) is 6.42 Å². The summed E-state index contributed by atoms with van der Waals surface area (Å²) in [5, 5.41) is 0. The van der Waals surface area contributed by atoms with E-state index in [0.717, 1.165) is 31.8 Å². The molecule has 0 unspecified atom stereocenters. The molecule has 1 aliphatic heterocycles. The van der Waals surface area contributed by atoms with E-state index in [-0.39, 0.29) is 12.6 Å². The molecule has 0 bridgehead atoms. The Hall–Kier alpha value is -0.360. The minimum absolute atomic E-state index is 0.186. The van der Waals surface area contributed by atoms with Gasteiger partial charge in [0.25, 0.3) is 0 Å². The predicted octanol–water partition coefficient (Wildman–Crippen LogP) is 2.96. The summed E-state index contributed by atoms with van der Waals surface area (Å²) in [4.78, 5) is 2.27. The highest BCUT2D eigenvalue weighted by Crippen LogP contribution is 2.17. The number of hydrogen-bond donors (Lipinski definition) is 0. The lowest BCUT2D eigenvalue weighted by Crippen LogP contribution is -2.26. The summed E-state index contributed by atoms with van der Waals surface area (Å²) in [6.07, 6.45) is 0.986. The summed E-state index contributed by atoms with van der Waals surface area (Å²) < 4.78 is 19.3. The summed E-state index contributed by atoms with van der Waals surface area (Å²) >= 11 is 2.27. The first kappa shape index (κ1) is 13.1. The van der Waals surface area contributed by atoms with Crippen LogP contribution < -0.4 is 4.74 Å². The van der Waals surface area contributed by atoms with Gasteiger partial charge in [-0.2, -0.15) is 0 Å². The van der Waals surface area contributed by atoms with Gasteiger partial charge in [-0.05, 0) is 59.8 Å². The van der Waals surface area contributed by atoms with Crippen molar-refractivity contribution in [3.8, 4) is 5.75 Å². The molecule has 0 radical (unpaired) electrons. The molecule has 1 heterocycles. The van der Waals surface area contributed by atoms with E-state index >= 15 is 0 Å². The minimum Gasteiger partial charge on any atom is -0.492 e. The molecule has 1 saturated heterocycles. The molecule has 1 atom stereocenters. The third kappa shape index (κ3) is 4.10. The van der Waals surface area contributed by atoms with E-state index in [4.69, 9.17) is 4.74 Å². The summed E-state index contributed by atoms with van der Waals surface area (Å²) in [7, 11) is 0. The number of ether oxygens (including phenoxy) is 1. The molecule has 0 aliphatic carbocycles. The van der Waals surface area contributed by atoms with Crippen LogP contribution in [0.5, 0.6) is 5.75 Å². The Morgan fingerprint density at radius 1 is 1.35 bits per heavy atom. The molecule has 1 aromatic rings. The second-order valence-corrected chi connectivity index (χ2v) is 5.66. The van der Waals surface area contributed by atoms with Crippen LogP contribution in [0.25, 0.3) is 0 Å². The van der Waals surface area contributed by atoms with Crippen molar-refractivity contribution in [2.75, 3.05) is 32.9 Å². The van der Waals surface area contributed by atoms with Crippen LogP contribution in [-0.4, -0.2) is 37.8 Å². The van der Waals surface area contributed by atoms with Crippen molar-refractivity contribution < 1.29 is 9.13 Å². The maximum Gasteiger partial charge on any atom is 0.119 e. The van der Waals surface area contributed by atoms with Gasteiger partial charge >= 0.3 is 0 Å². The fraction of sp³-hybridized carbons (Fsp3) is 0.538. The maximum atomic E-state index is 12.4. The van der Waals surface area contributed by atoms with Gasteiger partial charge in [-0.15, -0.1) is 0 Å². The summed E-state index contributed by atoms with van der Waals surface area (Å²) in [6.45, 7) is 3.27. The molecule has 94 valence electrons. The van der Waals surface area contributed by atoms with Crippen LogP contribution in [0.4, 0.5) is 4.39 Å². The average molecular weight is 349 g/mol. The van der Waals surface area contributed by atoms with E-state index in [2.05, 4.69) is 27.5 Å². The van der Waals surface area contributed by atoms with Gasteiger partial charge in [0.05, 0.1) is 6.67 Å². The van der Waals surface area contributed by atoms with Gasteiger partial charge in [0, 0.05) is 22.6 Å². The quantitative estimate of drug-likeness (QED) is 0.758. The Labute approximate surface area is 115 Å². The molecule has 1 fully saturated rings. The topological polar surface area (TPSA) is 12.5 Å². The minimum atomic E-state index is -0.186. The van der Waals surface area contributed by atoms with Crippen LogP contribution in [0, 0.1) is 9.49 Å². The van der Waals surface area contributed by atoms with Gasteiger partial charge in [0.2, 0.25) is 0 Å². The zero-order chi connectivity index (χ0) is 12.1. The van der Waals surface area contributed by atoms with E-state index in [1.165, 1.54) is 3.57 Å². The highest BCUT2D eigenvalue weighted by molar-refractivity contribution is 14.1. The molecule has 1 aliphatic rings. The third-order valence-corrected chi connectivity index (χ3v) is 3.80. The molecular formula is C13H17FINO. The fourth-order valence-electron chi connectivity index (χ4n) is 2.07. The number of hydrogen-bond acceptors (Lipinski definition) is 2. The zero-order valence-corrected chi connectivity index (χ0v) is 11.9. The average Bonchev–Trinajstić information content (AvgIpc) is 2.80. The van der Waals surface area contributed by atoms with Crippen molar-refractivity contribution >= 4 is 22.6 Å². The molecule has 0 saturated carbocycles. The molecule has 1 aromatic carbocycles. The number of benzene rings is 1.